The number of aliphatic hydroxyl groups excluding tert-OH is 1. The first kappa shape index (κ1) is 40.3. The molecule has 0 aliphatic heterocycles. The van der Waals surface area contributed by atoms with E-state index in [0.29, 0.717) is 11.3 Å². The number of carbonyl (C=O) groups is 8. The van der Waals surface area contributed by atoms with Gasteiger partial charge in [-0.05, 0) is 18.4 Å². The smallest absolute Gasteiger partial charge is 0.326 e. The van der Waals surface area contributed by atoms with Crippen LogP contribution in [0.15, 0.2) is 42.9 Å². The molecule has 20 nitrogen and oxygen atoms in total. The van der Waals surface area contributed by atoms with Crippen LogP contribution in [0.2, 0.25) is 0 Å². The number of hydrogen-bond donors (Lipinski definition) is 11. The number of carbonyl (C=O) groups excluding carboxylic acids is 6. The van der Waals surface area contributed by atoms with E-state index in [4.69, 9.17) is 16.6 Å². The zero-order valence-electron chi connectivity index (χ0n) is 26.8. The number of carboxylic acid groups (broad SMARTS) is 2. The predicted molar refractivity (Wildman–Crippen MR) is 171 cm³/mol. The van der Waals surface area contributed by atoms with E-state index in [1.165, 1.54) is 12.5 Å². The number of aromatic amines is 1. The molecule has 0 fully saturated rings. The number of aliphatic carboxylic acids is 2. The van der Waals surface area contributed by atoms with Gasteiger partial charge in [0.05, 0.1) is 25.5 Å². The lowest BCUT2D eigenvalue weighted by molar-refractivity contribution is -0.142. The second-order valence-electron chi connectivity index (χ2n) is 11.1. The summed E-state index contributed by atoms with van der Waals surface area (Å²) in [6, 6.07) is 1.43. The molecule has 272 valence electrons. The number of amides is 6. The van der Waals surface area contributed by atoms with Crippen LogP contribution < -0.4 is 38.1 Å². The first-order valence-electron chi connectivity index (χ1n) is 15.3. The Labute approximate surface area is 285 Å². The summed E-state index contributed by atoms with van der Waals surface area (Å²) in [5.74, 6) is -8.03. The van der Waals surface area contributed by atoms with Gasteiger partial charge in [0.1, 0.15) is 24.2 Å². The summed E-state index contributed by atoms with van der Waals surface area (Å²) in [5.41, 5.74) is 11.9. The SMILES string of the molecule is NC(=O)CC[C@H](NC(=O)[C@@H](N)CCC(=O)O)C(=O)N[C@@H](CO)C(=O)NCC(=O)N[C@@H](Cc1ccccc1)C(=O)N[C@@H](Cc1cnc[nH]1)C(=O)O. The molecule has 0 aliphatic carbocycles. The zero-order chi connectivity index (χ0) is 37.2. The van der Waals surface area contributed by atoms with Gasteiger partial charge < -0.3 is 58.4 Å². The highest BCUT2D eigenvalue weighted by Gasteiger charge is 2.30. The summed E-state index contributed by atoms with van der Waals surface area (Å²) >= 11 is 0. The third-order valence-corrected chi connectivity index (χ3v) is 7.08. The second-order valence-corrected chi connectivity index (χ2v) is 11.1. The molecule has 5 atom stereocenters. The molecule has 0 saturated carbocycles. The Morgan fingerprint density at radius 3 is 1.98 bits per heavy atom. The van der Waals surface area contributed by atoms with Crippen LogP contribution >= 0.6 is 0 Å². The summed E-state index contributed by atoms with van der Waals surface area (Å²) in [4.78, 5) is 105. The number of benzene rings is 1. The summed E-state index contributed by atoms with van der Waals surface area (Å²) in [6.45, 7) is -1.69. The second kappa shape index (κ2) is 20.5. The lowest BCUT2D eigenvalue weighted by Crippen LogP contribution is -2.58. The highest BCUT2D eigenvalue weighted by Crippen LogP contribution is 2.06. The number of primary amides is 1. The van der Waals surface area contributed by atoms with Crippen molar-refractivity contribution in [2.75, 3.05) is 13.2 Å². The van der Waals surface area contributed by atoms with Gasteiger partial charge in [0, 0.05) is 37.6 Å². The predicted octanol–water partition coefficient (Wildman–Crippen LogP) is -4.22. The maximum absolute atomic E-state index is 13.2. The van der Waals surface area contributed by atoms with Crippen LogP contribution in [0.25, 0.3) is 0 Å². The summed E-state index contributed by atoms with van der Waals surface area (Å²) in [7, 11) is 0. The number of aromatic nitrogens is 2. The van der Waals surface area contributed by atoms with E-state index in [1.807, 2.05) is 0 Å². The fraction of sp³-hybridized carbons (Fsp3) is 0.433. The third-order valence-electron chi connectivity index (χ3n) is 7.08. The number of rotatable bonds is 22. The van der Waals surface area contributed by atoms with Crippen molar-refractivity contribution in [2.24, 2.45) is 11.5 Å². The van der Waals surface area contributed by atoms with Crippen molar-refractivity contribution in [3.63, 3.8) is 0 Å². The van der Waals surface area contributed by atoms with E-state index in [1.54, 1.807) is 30.3 Å². The Kier molecular flexibility index (Phi) is 16.5. The maximum atomic E-state index is 13.2. The van der Waals surface area contributed by atoms with Crippen molar-refractivity contribution in [1.29, 1.82) is 0 Å². The van der Waals surface area contributed by atoms with Gasteiger partial charge in [0.2, 0.25) is 35.4 Å². The Hall–Kier alpha value is -5.89. The standard InChI is InChI=1S/C30H41N9O11/c31-18(6-9-25(43)44)26(45)37-19(7-8-23(32)41)28(47)39-22(14-40)27(46)34-13-24(42)36-20(10-16-4-2-1-3-5-16)29(48)38-21(30(49)50)11-17-12-33-15-35-17/h1-5,12,15,18-22,40H,6-11,13-14,31H2,(H2,32,41)(H,33,35)(H,34,46)(H,36,42)(H,37,45)(H,38,48)(H,39,47)(H,43,44)(H,49,50)/t18-,19-,20-,21-,22-/m0/s1. The summed E-state index contributed by atoms with van der Waals surface area (Å²) in [6.07, 6.45) is 1.20. The molecule has 1 aromatic carbocycles. The number of nitrogens with two attached hydrogens (primary N) is 2. The first-order chi connectivity index (χ1) is 23.7. The fourth-order valence-corrected chi connectivity index (χ4v) is 4.39. The minimum absolute atomic E-state index is 0.0452. The lowest BCUT2D eigenvalue weighted by Gasteiger charge is -2.23. The average molecular weight is 704 g/mol. The van der Waals surface area contributed by atoms with E-state index < -0.39 is 97.2 Å². The largest absolute Gasteiger partial charge is 0.481 e. The van der Waals surface area contributed by atoms with Crippen LogP contribution in [0.3, 0.4) is 0 Å². The van der Waals surface area contributed by atoms with Gasteiger partial charge in [-0.15, -0.1) is 0 Å². The van der Waals surface area contributed by atoms with Crippen LogP contribution in [0.5, 0.6) is 0 Å². The van der Waals surface area contributed by atoms with Gasteiger partial charge >= 0.3 is 11.9 Å². The molecule has 0 aliphatic rings. The number of aliphatic hydroxyl groups is 1. The molecule has 0 unspecified atom stereocenters. The van der Waals surface area contributed by atoms with Gasteiger partial charge in [-0.3, -0.25) is 33.6 Å². The zero-order valence-corrected chi connectivity index (χ0v) is 26.8. The number of hydrogen-bond acceptors (Lipinski definition) is 11. The van der Waals surface area contributed by atoms with Crippen molar-refractivity contribution in [1.82, 2.24) is 36.6 Å². The number of H-pyrrole nitrogens is 1. The van der Waals surface area contributed by atoms with Crippen molar-refractivity contribution in [3.05, 3.63) is 54.1 Å². The molecule has 1 aromatic heterocycles. The number of nitrogens with one attached hydrogen (secondary N) is 6. The molecule has 20 heteroatoms. The van der Waals surface area contributed by atoms with Crippen LogP contribution in [0.4, 0.5) is 0 Å². The molecule has 0 bridgehead atoms. The third kappa shape index (κ3) is 14.5. The average Bonchev–Trinajstić information content (AvgIpc) is 3.59. The number of carboxylic acids is 2. The van der Waals surface area contributed by atoms with E-state index in [-0.39, 0.29) is 32.1 Å². The Morgan fingerprint density at radius 1 is 0.760 bits per heavy atom. The van der Waals surface area contributed by atoms with Crippen molar-refractivity contribution >= 4 is 47.4 Å². The number of nitrogens with zero attached hydrogens (tertiary/aromatic N) is 1. The molecular formula is C30H41N9O11. The molecule has 6 amide bonds. The van der Waals surface area contributed by atoms with Gasteiger partial charge in [-0.2, -0.15) is 0 Å². The van der Waals surface area contributed by atoms with Gasteiger partial charge in [-0.1, -0.05) is 30.3 Å². The Morgan fingerprint density at radius 2 is 1.40 bits per heavy atom. The van der Waals surface area contributed by atoms with Crippen molar-refractivity contribution in [2.45, 2.75) is 68.7 Å². The van der Waals surface area contributed by atoms with Gasteiger partial charge in [-0.25, -0.2) is 9.78 Å². The molecule has 2 aromatic rings. The Balaban J connectivity index is 2.06. The molecule has 13 N–H and O–H groups in total. The Bertz CT molecular complexity index is 1490. The molecular weight excluding hydrogens is 662 g/mol. The van der Waals surface area contributed by atoms with Crippen molar-refractivity contribution in [3.8, 4) is 0 Å². The fourth-order valence-electron chi connectivity index (χ4n) is 4.39. The topological polar surface area (TPSA) is 338 Å². The van der Waals surface area contributed by atoms with Gasteiger partial charge in [0.15, 0.2) is 0 Å². The van der Waals surface area contributed by atoms with Crippen LogP contribution in [0.1, 0.15) is 36.9 Å². The maximum Gasteiger partial charge on any atom is 0.326 e. The lowest BCUT2D eigenvalue weighted by atomic mass is 10.0. The molecule has 0 saturated heterocycles. The minimum Gasteiger partial charge on any atom is -0.481 e. The van der Waals surface area contributed by atoms with Crippen molar-refractivity contribution < 1.29 is 53.7 Å². The van der Waals surface area contributed by atoms with E-state index in [0.717, 1.165) is 0 Å². The quantitative estimate of drug-likeness (QED) is 0.0555. The summed E-state index contributed by atoms with van der Waals surface area (Å²) in [5, 5.41) is 39.7. The monoisotopic (exact) mass is 703 g/mol. The summed E-state index contributed by atoms with van der Waals surface area (Å²) < 4.78 is 0. The highest BCUT2D eigenvalue weighted by atomic mass is 16.4. The molecule has 50 heavy (non-hydrogen) atoms. The highest BCUT2D eigenvalue weighted by molar-refractivity contribution is 5.95. The van der Waals surface area contributed by atoms with E-state index in [9.17, 15) is 48.6 Å². The molecule has 1 heterocycles. The normalized spacial score (nSPS) is 13.7. The van der Waals surface area contributed by atoms with E-state index in [2.05, 4.69) is 36.6 Å². The molecule has 0 radical (unpaired) electrons. The number of imidazole rings is 1. The van der Waals surface area contributed by atoms with Crippen LogP contribution in [-0.2, 0) is 51.2 Å². The van der Waals surface area contributed by atoms with E-state index >= 15 is 0 Å². The first-order valence-corrected chi connectivity index (χ1v) is 15.3. The van der Waals surface area contributed by atoms with Gasteiger partial charge in [0.25, 0.3) is 0 Å². The molecule has 2 rings (SSSR count). The molecule has 0 spiro atoms. The minimum atomic E-state index is -1.65. The van der Waals surface area contributed by atoms with Crippen LogP contribution in [-0.4, -0.2) is 116 Å². The van der Waals surface area contributed by atoms with Crippen LogP contribution in [0, 0.1) is 0 Å².